The van der Waals surface area contributed by atoms with Gasteiger partial charge in [0, 0.05) is 22.8 Å². The third kappa shape index (κ3) is 57.2. The van der Waals surface area contributed by atoms with E-state index in [2.05, 4.69) is 89.2 Å². The van der Waals surface area contributed by atoms with Crippen molar-refractivity contribution in [1.82, 2.24) is 0 Å². The third-order valence-electron chi connectivity index (χ3n) is 21.6. The maximum atomic E-state index is 11.9. The molecule has 0 aliphatic carbocycles. The van der Waals surface area contributed by atoms with Crippen LogP contribution in [0.25, 0.3) is 16.9 Å². The van der Waals surface area contributed by atoms with Gasteiger partial charge in [0.15, 0.2) is 0 Å². The van der Waals surface area contributed by atoms with E-state index >= 15 is 0 Å². The van der Waals surface area contributed by atoms with Crippen molar-refractivity contribution in [3.63, 3.8) is 0 Å². The summed E-state index contributed by atoms with van der Waals surface area (Å²) in [5.74, 6) is 0. The molecule has 2 nitrogen and oxygen atoms in total. The van der Waals surface area contributed by atoms with E-state index in [0.717, 1.165) is 41.8 Å². The number of aryl methyl sites for hydroxylation is 2. The van der Waals surface area contributed by atoms with Gasteiger partial charge >= 0.3 is 166 Å². The Morgan fingerprint density at radius 1 is 0.247 bits per heavy atom. The molecule has 0 N–H and O–H groups in total. The van der Waals surface area contributed by atoms with Crippen molar-refractivity contribution < 1.29 is 19.1 Å². The summed E-state index contributed by atoms with van der Waals surface area (Å²) < 4.78 is 1.53. The monoisotopic (exact) mass is 1390 g/mol. The van der Waals surface area contributed by atoms with Gasteiger partial charge in [-0.3, -0.25) is 0 Å². The molecule has 0 unspecified atom stereocenters. The van der Waals surface area contributed by atoms with Crippen molar-refractivity contribution in [2.24, 2.45) is 0 Å². The minimum atomic E-state index is 0.940. The second-order valence-electron chi connectivity index (χ2n) is 31.1. The van der Waals surface area contributed by atoms with E-state index in [0.29, 0.717) is 0 Å². The maximum absolute atomic E-state index is 11.9. The van der Waals surface area contributed by atoms with E-state index in [-0.39, 0.29) is 0 Å². The molecule has 0 radical (unpaired) electrons. The fourth-order valence-electron chi connectivity index (χ4n) is 15.0. The van der Waals surface area contributed by atoms with Gasteiger partial charge in [-0.2, -0.15) is 0 Å². The molecule has 0 bridgehead atoms. The first-order valence-corrected chi connectivity index (χ1v) is 46.1. The Balaban J connectivity index is 0.000000695. The normalized spacial score (nSPS) is 12.4. The molecule has 0 saturated heterocycles. The van der Waals surface area contributed by atoms with Gasteiger partial charge in [-0.05, 0) is 73.9 Å². The smallest absolute Gasteiger partial charge is 0.493 e. The standard InChI is InChI=1S/C54H88N2.2C20H41.Ni/c1-4-7-10-13-16-18-20-22-24-26-28-30-33-38-48-40-36-43-50(45-48)53-47-52(42-35-32-15-12-9-6-3)54(56(53)55)51-44-37-41-49(46-51)39-34-31-29-27-25-23-21-19-17-14-11-8-5-2;2*1-3-5-7-9-11-13-15-17-19-20-18-16-14-12-10-8-6-4-2;/h36-37,40-41,43-47H,4-35,38-39,42H2,1-3H3;2*1,3-20H2,2H3;. The minimum Gasteiger partial charge on any atom is -0.493 e. The molecule has 3 heteroatoms. The van der Waals surface area contributed by atoms with Gasteiger partial charge in [0.05, 0.1) is 0 Å². The van der Waals surface area contributed by atoms with Gasteiger partial charge in [-0.15, -0.1) is 0 Å². The third-order valence-corrected chi connectivity index (χ3v) is 23.0. The second kappa shape index (κ2) is 73.8. The van der Waals surface area contributed by atoms with E-state index in [1.165, 1.54) is 469 Å². The minimum absolute atomic E-state index is 0.940. The summed E-state index contributed by atoms with van der Waals surface area (Å²) in [7, 11) is 0. The number of hydrogen-bond donors (Lipinski definition) is 0. The van der Waals surface area contributed by atoms with Gasteiger partial charge in [-0.25, -0.2) is 4.70 Å². The molecule has 2 aromatic carbocycles. The summed E-state index contributed by atoms with van der Waals surface area (Å²) in [6.45, 7) is 11.5. The summed E-state index contributed by atoms with van der Waals surface area (Å²) in [6, 6.07) is 18.1. The first-order valence-electron chi connectivity index (χ1n) is 44.7. The molecule has 0 fully saturated rings. The first-order chi connectivity index (χ1) is 48.1. The number of allylic oxidation sites excluding steroid dienone is 2. The van der Waals surface area contributed by atoms with E-state index in [4.69, 9.17) is 0 Å². The van der Waals surface area contributed by atoms with Crippen molar-refractivity contribution in [2.75, 3.05) is 0 Å². The topological polar surface area (TPSA) is 25.3 Å². The van der Waals surface area contributed by atoms with E-state index in [1.54, 1.807) is 0 Å². The summed E-state index contributed by atoms with van der Waals surface area (Å²) in [5, 5.41) is 2.87. The molecule has 3 rings (SSSR count). The summed E-state index contributed by atoms with van der Waals surface area (Å²) in [5.41, 5.74) is 20.2. The van der Waals surface area contributed by atoms with Crippen LogP contribution in [0.15, 0.2) is 60.2 Å². The quantitative estimate of drug-likeness (QED) is 0.0358. The van der Waals surface area contributed by atoms with Gasteiger partial charge in [0.2, 0.25) is 11.4 Å². The molecule has 0 amide bonds. The predicted molar refractivity (Wildman–Crippen MR) is 435 cm³/mol. The van der Waals surface area contributed by atoms with Crippen molar-refractivity contribution in [2.45, 2.75) is 501 Å². The van der Waals surface area contributed by atoms with Crippen LogP contribution in [-0.4, -0.2) is 4.70 Å². The molecule has 566 valence electrons. The SMILES string of the molecule is CCCCCCCCCCCCCCCCCCC[CH2][Ni][CH2]CCCCCCCCCCCCCCCCCCC.CCCCCCCCCCCCCCCc1cccc(C2=CC(CCCCCCCC)=C(c3cccc(CCCCCCCCCCCCCCC)c3)[N+]2=[N-])c1. The first kappa shape index (κ1) is 91.1. The van der Waals surface area contributed by atoms with Crippen LogP contribution in [0.2, 0.25) is 10.8 Å². The van der Waals surface area contributed by atoms with E-state index in [1.807, 2.05) is 14.4 Å². The molecule has 1 aliphatic rings. The van der Waals surface area contributed by atoms with Crippen molar-refractivity contribution in [1.29, 1.82) is 0 Å². The van der Waals surface area contributed by atoms with Gasteiger partial charge < -0.3 is 5.53 Å². The zero-order valence-corrected chi connectivity index (χ0v) is 67.5. The Morgan fingerprint density at radius 2 is 0.464 bits per heavy atom. The summed E-state index contributed by atoms with van der Waals surface area (Å²) in [6.07, 6.45) is 103. The van der Waals surface area contributed by atoms with Crippen molar-refractivity contribution in [3.05, 3.63) is 88.0 Å². The van der Waals surface area contributed by atoms with Crippen LogP contribution in [-0.2, 0) is 27.3 Å². The number of benzene rings is 2. The van der Waals surface area contributed by atoms with Crippen LogP contribution in [0.3, 0.4) is 0 Å². The van der Waals surface area contributed by atoms with Crippen LogP contribution >= 0.6 is 0 Å². The van der Waals surface area contributed by atoms with Crippen molar-refractivity contribution in [3.8, 4) is 0 Å². The summed E-state index contributed by atoms with van der Waals surface area (Å²) >= 11 is 2.05. The molecular weight excluding hydrogens is 1220 g/mol. The average molecular weight is 1390 g/mol. The van der Waals surface area contributed by atoms with Gasteiger partial charge in [0.1, 0.15) is 0 Å². The molecule has 1 heterocycles. The van der Waals surface area contributed by atoms with Gasteiger partial charge in [0.25, 0.3) is 0 Å². The molecular formula is C94H170N2Ni. The van der Waals surface area contributed by atoms with E-state index < -0.39 is 0 Å². The zero-order valence-electron chi connectivity index (χ0n) is 66.5. The fraction of sp³-hybridized carbons (Fsp3) is 0.830. The molecule has 0 atom stereocenters. The number of unbranched alkanes of at least 4 members (excludes halogenated alkanes) is 63. The van der Waals surface area contributed by atoms with Crippen LogP contribution < -0.4 is 0 Å². The molecule has 1 aliphatic heterocycles. The molecule has 0 aromatic heterocycles. The second-order valence-corrected chi connectivity index (χ2v) is 32.6. The molecule has 0 spiro atoms. The number of rotatable bonds is 75. The zero-order chi connectivity index (χ0) is 69.3. The fourth-order valence-corrected chi connectivity index (χ4v) is 16.2. The average Bonchev–Trinajstić information content (AvgIpc) is 1.65. The van der Waals surface area contributed by atoms with Crippen LogP contribution in [0.1, 0.15) is 500 Å². The van der Waals surface area contributed by atoms with E-state index in [9.17, 15) is 5.53 Å². The Kier molecular flexibility index (Phi) is 69.3. The Bertz CT molecular complexity index is 1970. The van der Waals surface area contributed by atoms with Gasteiger partial charge in [-0.1, -0.05) is 335 Å². The predicted octanol–water partition coefficient (Wildman–Crippen LogP) is 34.5. The molecule has 97 heavy (non-hydrogen) atoms. The Labute approximate surface area is 615 Å². The summed E-state index contributed by atoms with van der Waals surface area (Å²) in [4.78, 5) is 0. The molecule has 2 aromatic rings. The Morgan fingerprint density at radius 3 is 0.732 bits per heavy atom. The van der Waals surface area contributed by atoms with Crippen LogP contribution in [0, 0.1) is 0 Å². The Hall–Kier alpha value is -1.99. The van der Waals surface area contributed by atoms with Crippen molar-refractivity contribution >= 4 is 11.4 Å². The number of nitrogens with zero attached hydrogens (tertiary/aromatic N) is 2. The van der Waals surface area contributed by atoms with Crippen LogP contribution in [0.5, 0.6) is 0 Å². The number of hydrogen-bond acceptors (Lipinski definition) is 0. The van der Waals surface area contributed by atoms with Crippen LogP contribution in [0.4, 0.5) is 0 Å². The molecule has 0 saturated carbocycles.